The van der Waals surface area contributed by atoms with Crippen LogP contribution in [0.1, 0.15) is 6.92 Å². The van der Waals surface area contributed by atoms with Gasteiger partial charge in [-0.25, -0.2) is 0 Å². The molecule has 0 N–H and O–H groups in total. The van der Waals surface area contributed by atoms with Crippen LogP contribution in [0.4, 0.5) is 0 Å². The van der Waals surface area contributed by atoms with Crippen LogP contribution in [0.2, 0.25) is 0 Å². The van der Waals surface area contributed by atoms with Crippen LogP contribution in [0.15, 0.2) is 4.99 Å². The lowest BCUT2D eigenvalue weighted by Crippen LogP contribution is -2.33. The largest absolute Gasteiger partial charge is 0.316 e. The van der Waals surface area contributed by atoms with Gasteiger partial charge in [-0.15, -0.1) is 11.8 Å². The molecule has 0 radical (unpaired) electrons. The number of carbonyl (C=O) groups is 1. The highest BCUT2D eigenvalue weighted by atomic mass is 32.2. The summed E-state index contributed by atoms with van der Waals surface area (Å²) in [4.78, 5) is 24.6. The van der Waals surface area contributed by atoms with Gasteiger partial charge in [0, 0.05) is 24.1 Å². The lowest BCUT2D eigenvalue weighted by atomic mass is 10.2. The molecule has 0 aromatic heterocycles. The van der Waals surface area contributed by atoms with Crippen molar-refractivity contribution in [1.29, 1.82) is 0 Å². The van der Waals surface area contributed by atoms with E-state index in [1.807, 2.05) is 0 Å². The highest BCUT2D eigenvalue weighted by Gasteiger charge is 2.33. The summed E-state index contributed by atoms with van der Waals surface area (Å²) in [6.07, 6.45) is 0. The first kappa shape index (κ1) is 9.18. The van der Waals surface area contributed by atoms with E-state index in [9.17, 15) is 14.9 Å². The van der Waals surface area contributed by atoms with Crippen LogP contribution >= 0.6 is 11.8 Å². The van der Waals surface area contributed by atoms with E-state index in [2.05, 4.69) is 4.99 Å². The maximum atomic E-state index is 10.8. The standard InChI is InChI=1S/C6H8N2O3S/c1-4(9)5(8(10)11)6-7-2-3-12-6/h5H,2-3H2,1H3. The third kappa shape index (κ3) is 1.82. The minimum absolute atomic E-state index is 0.354. The van der Waals surface area contributed by atoms with Crippen LogP contribution in [0, 0.1) is 10.1 Å². The molecule has 5 nitrogen and oxygen atoms in total. The summed E-state index contributed by atoms with van der Waals surface area (Å²) in [5.74, 6) is 0.292. The van der Waals surface area contributed by atoms with E-state index in [4.69, 9.17) is 0 Å². The molecule has 1 rings (SSSR count). The van der Waals surface area contributed by atoms with Crippen molar-refractivity contribution in [1.82, 2.24) is 0 Å². The van der Waals surface area contributed by atoms with Gasteiger partial charge < -0.3 is 0 Å². The number of rotatable bonds is 3. The molecule has 6 heteroatoms. The second kappa shape index (κ2) is 3.66. The number of hydrogen-bond acceptors (Lipinski definition) is 5. The molecular weight excluding hydrogens is 180 g/mol. The normalized spacial score (nSPS) is 18.6. The molecule has 0 amide bonds. The SMILES string of the molecule is CC(=O)C(C1=NCCS1)[N+](=O)[O-]. The van der Waals surface area contributed by atoms with Crippen LogP contribution < -0.4 is 0 Å². The first-order chi connectivity index (χ1) is 5.63. The number of Topliss-reactive ketones (excluding diaryl/α,β-unsaturated/α-hetero) is 1. The fourth-order valence-electron chi connectivity index (χ4n) is 0.930. The Bertz CT molecular complexity index is 237. The fraction of sp³-hybridized carbons (Fsp3) is 0.667. The minimum atomic E-state index is -1.22. The van der Waals surface area contributed by atoms with E-state index >= 15 is 0 Å². The molecule has 0 aliphatic carbocycles. The van der Waals surface area contributed by atoms with E-state index < -0.39 is 16.7 Å². The Morgan fingerprint density at radius 2 is 2.50 bits per heavy atom. The third-order valence-electron chi connectivity index (χ3n) is 1.44. The Morgan fingerprint density at radius 3 is 2.83 bits per heavy atom. The molecule has 0 aromatic carbocycles. The predicted molar refractivity (Wildman–Crippen MR) is 46.2 cm³/mol. The van der Waals surface area contributed by atoms with Gasteiger partial charge in [0.1, 0.15) is 5.04 Å². The maximum Gasteiger partial charge on any atom is 0.316 e. The summed E-state index contributed by atoms with van der Waals surface area (Å²) in [6.45, 7) is 1.80. The number of hydrogen-bond donors (Lipinski definition) is 0. The molecule has 0 saturated heterocycles. The molecule has 0 spiro atoms. The molecule has 0 aromatic rings. The zero-order chi connectivity index (χ0) is 9.14. The van der Waals surface area contributed by atoms with Gasteiger partial charge in [0.2, 0.25) is 5.78 Å². The van der Waals surface area contributed by atoms with Crippen molar-refractivity contribution < 1.29 is 9.72 Å². The molecule has 0 fully saturated rings. The van der Waals surface area contributed by atoms with Gasteiger partial charge in [-0.1, -0.05) is 0 Å². The Morgan fingerprint density at radius 1 is 1.83 bits per heavy atom. The molecular formula is C6H8N2O3S. The Labute approximate surface area is 73.4 Å². The molecule has 1 heterocycles. The Kier molecular flexibility index (Phi) is 2.80. The van der Waals surface area contributed by atoms with Crippen LogP contribution in [0.25, 0.3) is 0 Å². The molecule has 1 unspecified atom stereocenters. The third-order valence-corrected chi connectivity index (χ3v) is 2.47. The molecule has 0 saturated carbocycles. The molecule has 66 valence electrons. The number of ketones is 1. The molecule has 1 atom stereocenters. The summed E-state index contributed by atoms with van der Waals surface area (Å²) in [5.41, 5.74) is 0. The second-order valence-corrected chi connectivity index (χ2v) is 3.48. The van der Waals surface area contributed by atoms with Gasteiger partial charge in [0.25, 0.3) is 0 Å². The zero-order valence-electron chi connectivity index (χ0n) is 6.52. The summed E-state index contributed by atoms with van der Waals surface area (Å²) < 4.78 is 0. The minimum Gasteiger partial charge on any atom is -0.292 e. The first-order valence-electron chi connectivity index (χ1n) is 3.44. The van der Waals surface area contributed by atoms with Crippen LogP contribution in [0.5, 0.6) is 0 Å². The first-order valence-corrected chi connectivity index (χ1v) is 4.42. The maximum absolute atomic E-state index is 10.8. The average molecular weight is 188 g/mol. The zero-order valence-corrected chi connectivity index (χ0v) is 7.34. The van der Waals surface area contributed by atoms with Gasteiger partial charge >= 0.3 is 6.04 Å². The van der Waals surface area contributed by atoms with Gasteiger partial charge in [0.05, 0.1) is 0 Å². The van der Waals surface area contributed by atoms with E-state index in [-0.39, 0.29) is 0 Å². The summed E-state index contributed by atoms with van der Waals surface area (Å²) >= 11 is 1.29. The monoisotopic (exact) mass is 188 g/mol. The number of nitrogens with zero attached hydrogens (tertiary/aromatic N) is 2. The van der Waals surface area contributed by atoms with E-state index in [0.29, 0.717) is 11.6 Å². The number of aliphatic imine (C=N–C) groups is 1. The predicted octanol–water partition coefficient (Wildman–Crippen LogP) is 0.366. The highest BCUT2D eigenvalue weighted by Crippen LogP contribution is 2.16. The van der Waals surface area contributed by atoms with Crippen molar-refractivity contribution in [3.8, 4) is 0 Å². The fourth-order valence-corrected chi connectivity index (χ4v) is 1.91. The van der Waals surface area contributed by atoms with Gasteiger partial charge in [-0.2, -0.15) is 0 Å². The van der Waals surface area contributed by atoms with Gasteiger partial charge in [-0.05, 0) is 0 Å². The van der Waals surface area contributed by atoms with Crippen molar-refractivity contribution in [3.63, 3.8) is 0 Å². The van der Waals surface area contributed by atoms with Crippen molar-refractivity contribution in [2.75, 3.05) is 12.3 Å². The lowest BCUT2D eigenvalue weighted by molar-refractivity contribution is -0.487. The molecule has 12 heavy (non-hydrogen) atoms. The highest BCUT2D eigenvalue weighted by molar-refractivity contribution is 8.14. The van der Waals surface area contributed by atoms with Crippen LogP contribution in [0.3, 0.4) is 0 Å². The Balaban J connectivity index is 2.78. The summed E-state index contributed by atoms with van der Waals surface area (Å²) in [7, 11) is 0. The van der Waals surface area contributed by atoms with Crippen LogP contribution in [-0.2, 0) is 4.79 Å². The van der Waals surface area contributed by atoms with Crippen molar-refractivity contribution in [2.45, 2.75) is 13.0 Å². The van der Waals surface area contributed by atoms with Crippen LogP contribution in [-0.4, -0.2) is 34.1 Å². The molecule has 1 aliphatic rings. The van der Waals surface area contributed by atoms with Crippen molar-refractivity contribution >= 4 is 22.6 Å². The Hall–Kier alpha value is -0.910. The quantitative estimate of drug-likeness (QED) is 0.473. The number of thioether (sulfide) groups is 1. The summed E-state index contributed by atoms with van der Waals surface area (Å²) in [6, 6.07) is -1.22. The average Bonchev–Trinajstić information content (AvgIpc) is 2.37. The second-order valence-electron chi connectivity index (χ2n) is 2.37. The van der Waals surface area contributed by atoms with E-state index in [1.54, 1.807) is 0 Å². The molecule has 1 aliphatic heterocycles. The number of nitro groups is 1. The topological polar surface area (TPSA) is 72.6 Å². The lowest BCUT2D eigenvalue weighted by Gasteiger charge is -2.03. The van der Waals surface area contributed by atoms with Crippen molar-refractivity contribution in [3.05, 3.63) is 10.1 Å². The van der Waals surface area contributed by atoms with Crippen molar-refractivity contribution in [2.24, 2.45) is 4.99 Å². The van der Waals surface area contributed by atoms with E-state index in [0.717, 1.165) is 5.75 Å². The molecule has 0 bridgehead atoms. The summed E-state index contributed by atoms with van der Waals surface area (Å²) in [5, 5.41) is 10.8. The van der Waals surface area contributed by atoms with Gasteiger partial charge in [0.15, 0.2) is 0 Å². The number of carbonyl (C=O) groups excluding carboxylic acids is 1. The smallest absolute Gasteiger partial charge is 0.292 e. The van der Waals surface area contributed by atoms with Gasteiger partial charge in [-0.3, -0.25) is 19.9 Å². The van der Waals surface area contributed by atoms with E-state index in [1.165, 1.54) is 18.7 Å².